The Morgan fingerprint density at radius 1 is 0.700 bits per heavy atom. The Hall–Kier alpha value is -3.64. The van der Waals surface area contributed by atoms with Crippen molar-refractivity contribution in [2.24, 2.45) is 5.73 Å². The molecule has 6 heteroatoms. The molecule has 0 fully saturated rings. The van der Waals surface area contributed by atoms with Crippen molar-refractivity contribution in [2.45, 2.75) is 12.5 Å². The normalized spacial score (nSPS) is 10.8. The minimum absolute atomic E-state index is 0. The molecule has 1 atom stereocenters. The van der Waals surface area contributed by atoms with Crippen LogP contribution < -0.4 is 26.4 Å². The summed E-state index contributed by atoms with van der Waals surface area (Å²) in [7, 11) is -0.446. The lowest BCUT2D eigenvalue weighted by Gasteiger charge is -2.19. The molecular formula is C34H31Cl2N2OP. The average Bonchev–Trinajstić information content (AvgIpc) is 3.00. The molecule has 0 aliphatic rings. The standard InChI is InChI=1S/C18H15P.C16H15ClN2O.ClH/c1-4-10-16(11-5-1)19(17-12-6-2-7-13-17)18-14-8-3-9-15-18;17-14-7-6-13(11-19)16(10-14)20-15(8-9-18)12-4-2-1-3-5-12;/h1-15H;1-7,10,15H,8-9,18H2;1H. The lowest BCUT2D eigenvalue weighted by atomic mass is 10.1. The van der Waals surface area contributed by atoms with Crippen LogP contribution in [0.1, 0.15) is 23.7 Å². The van der Waals surface area contributed by atoms with Crippen LogP contribution in [0.3, 0.4) is 0 Å². The summed E-state index contributed by atoms with van der Waals surface area (Å²) in [6.07, 6.45) is 0.480. The van der Waals surface area contributed by atoms with Gasteiger partial charge in [-0.05, 0) is 48.1 Å². The fourth-order valence-electron chi connectivity index (χ4n) is 4.13. The number of ether oxygens (including phenoxy) is 1. The van der Waals surface area contributed by atoms with Crippen LogP contribution in [0.2, 0.25) is 5.02 Å². The fraction of sp³-hybridized carbons (Fsp3) is 0.0882. The van der Waals surface area contributed by atoms with E-state index < -0.39 is 7.92 Å². The first-order chi connectivity index (χ1) is 19.2. The van der Waals surface area contributed by atoms with Gasteiger partial charge in [0.25, 0.3) is 0 Å². The van der Waals surface area contributed by atoms with Gasteiger partial charge in [-0.25, -0.2) is 0 Å². The number of hydrogen-bond donors (Lipinski definition) is 1. The largest absolute Gasteiger partial charge is 0.484 e. The molecule has 0 radical (unpaired) electrons. The molecule has 40 heavy (non-hydrogen) atoms. The van der Waals surface area contributed by atoms with E-state index in [9.17, 15) is 0 Å². The highest BCUT2D eigenvalue weighted by molar-refractivity contribution is 7.79. The monoisotopic (exact) mass is 584 g/mol. The van der Waals surface area contributed by atoms with Gasteiger partial charge >= 0.3 is 0 Å². The predicted octanol–water partition coefficient (Wildman–Crippen LogP) is 7.55. The SMILES string of the molecule is Cl.N#Cc1ccc(Cl)cc1OC(CCN)c1ccccc1.c1ccc(P(c2ccccc2)c2ccccc2)cc1. The second kappa shape index (κ2) is 16.5. The number of benzene rings is 5. The van der Waals surface area contributed by atoms with Crippen LogP contribution in [0.4, 0.5) is 0 Å². The Kier molecular flexibility index (Phi) is 12.7. The Morgan fingerprint density at radius 3 is 1.57 bits per heavy atom. The zero-order valence-electron chi connectivity index (χ0n) is 21.9. The summed E-state index contributed by atoms with van der Waals surface area (Å²) >= 11 is 5.97. The van der Waals surface area contributed by atoms with Gasteiger partial charge in [0.1, 0.15) is 17.9 Å². The first kappa shape index (κ1) is 30.9. The van der Waals surface area contributed by atoms with Gasteiger partial charge in [0.15, 0.2) is 0 Å². The molecule has 0 aliphatic heterocycles. The second-order valence-electron chi connectivity index (χ2n) is 8.69. The topological polar surface area (TPSA) is 59.0 Å². The third kappa shape index (κ3) is 8.68. The molecule has 2 N–H and O–H groups in total. The molecule has 5 aromatic carbocycles. The molecule has 0 saturated heterocycles. The summed E-state index contributed by atoms with van der Waals surface area (Å²) in [4.78, 5) is 0. The van der Waals surface area contributed by atoms with Crippen molar-refractivity contribution in [2.75, 3.05) is 6.54 Å². The van der Waals surface area contributed by atoms with Gasteiger partial charge in [-0.1, -0.05) is 133 Å². The van der Waals surface area contributed by atoms with E-state index in [4.69, 9.17) is 27.3 Å². The Balaban J connectivity index is 0.000000215. The summed E-state index contributed by atoms with van der Waals surface area (Å²) in [5.74, 6) is 0.488. The summed E-state index contributed by atoms with van der Waals surface area (Å²) < 4.78 is 5.96. The maximum absolute atomic E-state index is 9.12. The van der Waals surface area contributed by atoms with Gasteiger partial charge in [-0.3, -0.25) is 0 Å². The molecule has 0 saturated carbocycles. The lowest BCUT2D eigenvalue weighted by Crippen LogP contribution is -2.20. The van der Waals surface area contributed by atoms with Crippen molar-refractivity contribution in [3.63, 3.8) is 0 Å². The summed E-state index contributed by atoms with van der Waals surface area (Å²) in [6.45, 7) is 0.502. The number of nitrogens with two attached hydrogens (primary N) is 1. The van der Waals surface area contributed by atoms with E-state index in [0.29, 0.717) is 29.3 Å². The lowest BCUT2D eigenvalue weighted by molar-refractivity contribution is 0.197. The van der Waals surface area contributed by atoms with Crippen LogP contribution in [-0.2, 0) is 0 Å². The molecule has 0 aliphatic carbocycles. The van der Waals surface area contributed by atoms with Gasteiger partial charge in [-0.2, -0.15) is 5.26 Å². The van der Waals surface area contributed by atoms with Crippen molar-refractivity contribution in [3.05, 3.63) is 156 Å². The first-order valence-electron chi connectivity index (χ1n) is 12.8. The highest BCUT2D eigenvalue weighted by Gasteiger charge is 2.16. The molecule has 3 nitrogen and oxygen atoms in total. The molecular weight excluding hydrogens is 554 g/mol. The van der Waals surface area contributed by atoms with Crippen molar-refractivity contribution in [3.8, 4) is 11.8 Å². The van der Waals surface area contributed by atoms with Crippen LogP contribution in [0.5, 0.6) is 5.75 Å². The third-order valence-electron chi connectivity index (χ3n) is 5.98. The third-order valence-corrected chi connectivity index (χ3v) is 8.66. The molecule has 0 amide bonds. The smallest absolute Gasteiger partial charge is 0.139 e. The van der Waals surface area contributed by atoms with E-state index in [-0.39, 0.29) is 18.5 Å². The quantitative estimate of drug-likeness (QED) is 0.191. The van der Waals surface area contributed by atoms with Crippen molar-refractivity contribution in [1.82, 2.24) is 0 Å². The molecule has 1 unspecified atom stereocenters. The first-order valence-corrected chi connectivity index (χ1v) is 14.5. The number of nitrogens with zero attached hydrogens (tertiary/aromatic N) is 1. The Bertz CT molecular complexity index is 1370. The van der Waals surface area contributed by atoms with Crippen molar-refractivity contribution in [1.29, 1.82) is 5.26 Å². The van der Waals surface area contributed by atoms with E-state index in [0.717, 1.165) is 5.56 Å². The molecule has 0 bridgehead atoms. The van der Waals surface area contributed by atoms with E-state index in [1.807, 2.05) is 30.3 Å². The van der Waals surface area contributed by atoms with E-state index >= 15 is 0 Å². The second-order valence-corrected chi connectivity index (χ2v) is 11.3. The van der Waals surface area contributed by atoms with Gasteiger partial charge < -0.3 is 10.5 Å². The van der Waals surface area contributed by atoms with Gasteiger partial charge in [0.05, 0.1) is 5.56 Å². The van der Waals surface area contributed by atoms with E-state index in [2.05, 4.69) is 97.1 Å². The minimum atomic E-state index is -0.446. The number of hydrogen-bond acceptors (Lipinski definition) is 3. The Morgan fingerprint density at radius 2 is 1.15 bits per heavy atom. The number of rotatable bonds is 8. The zero-order chi connectivity index (χ0) is 27.3. The molecule has 202 valence electrons. The molecule has 5 aromatic rings. The summed E-state index contributed by atoms with van der Waals surface area (Å²) in [6, 6.07) is 49.2. The number of nitriles is 1. The number of halogens is 2. The summed E-state index contributed by atoms with van der Waals surface area (Å²) in [5, 5.41) is 13.9. The fourth-order valence-corrected chi connectivity index (χ4v) is 6.60. The van der Waals surface area contributed by atoms with E-state index in [1.54, 1.807) is 18.2 Å². The van der Waals surface area contributed by atoms with Crippen molar-refractivity contribution >= 4 is 47.8 Å². The van der Waals surface area contributed by atoms with Gasteiger partial charge in [0.2, 0.25) is 0 Å². The van der Waals surface area contributed by atoms with Crippen LogP contribution in [-0.4, -0.2) is 6.54 Å². The molecule has 0 aromatic heterocycles. The van der Waals surface area contributed by atoms with Crippen LogP contribution in [0.15, 0.2) is 140 Å². The summed E-state index contributed by atoms with van der Waals surface area (Å²) in [5.41, 5.74) is 7.14. The van der Waals surface area contributed by atoms with Crippen molar-refractivity contribution < 1.29 is 4.74 Å². The maximum Gasteiger partial charge on any atom is 0.139 e. The van der Waals surface area contributed by atoms with Gasteiger partial charge in [-0.15, -0.1) is 12.4 Å². The molecule has 0 heterocycles. The Labute approximate surface area is 249 Å². The zero-order valence-corrected chi connectivity index (χ0v) is 24.4. The average molecular weight is 586 g/mol. The van der Waals surface area contributed by atoms with E-state index in [1.165, 1.54) is 15.9 Å². The van der Waals surface area contributed by atoms with Crippen LogP contribution in [0.25, 0.3) is 0 Å². The minimum Gasteiger partial charge on any atom is -0.484 e. The predicted molar refractivity (Wildman–Crippen MR) is 172 cm³/mol. The van der Waals surface area contributed by atoms with Gasteiger partial charge in [0, 0.05) is 17.5 Å². The molecule has 5 rings (SSSR count). The van der Waals surface area contributed by atoms with Crippen LogP contribution >= 0.6 is 31.9 Å². The van der Waals surface area contributed by atoms with Crippen LogP contribution in [0, 0.1) is 11.3 Å². The molecule has 0 spiro atoms. The maximum atomic E-state index is 9.12. The highest BCUT2D eigenvalue weighted by atomic mass is 35.5. The highest BCUT2D eigenvalue weighted by Crippen LogP contribution is 2.32.